The van der Waals surface area contributed by atoms with E-state index in [1.54, 1.807) is 5.48 Å². The predicted octanol–water partition coefficient (Wildman–Crippen LogP) is -0.743. The Balaban J connectivity index is 3.42. The van der Waals surface area contributed by atoms with Crippen molar-refractivity contribution in [1.29, 1.82) is 0 Å². The average molecular weight is 205 g/mol. The summed E-state index contributed by atoms with van der Waals surface area (Å²) in [6.45, 7) is 0.410. The zero-order valence-corrected chi connectivity index (χ0v) is 7.69. The number of carbonyl (C=O) groups excluding carboxylic acids is 1. The maximum atomic E-state index is 10.4. The highest BCUT2D eigenvalue weighted by Crippen LogP contribution is 1.99. The second-order valence-electron chi connectivity index (χ2n) is 2.81. The van der Waals surface area contributed by atoms with Gasteiger partial charge in [-0.2, -0.15) is 5.48 Å². The zero-order valence-electron chi connectivity index (χ0n) is 7.69. The predicted molar refractivity (Wildman–Crippen MR) is 47.8 cm³/mol. The van der Waals surface area contributed by atoms with E-state index in [9.17, 15) is 9.59 Å². The molecule has 7 heteroatoms. The highest BCUT2D eigenvalue weighted by molar-refractivity contribution is 5.73. The lowest BCUT2D eigenvalue weighted by Crippen LogP contribution is -2.34. The van der Waals surface area contributed by atoms with E-state index >= 15 is 0 Å². The molecule has 0 aliphatic carbocycles. The molecule has 2 amide bonds. The molecule has 0 spiro atoms. The summed E-state index contributed by atoms with van der Waals surface area (Å²) in [5, 5.41) is 19.3. The molecular weight excluding hydrogens is 190 g/mol. The number of carbonyl (C=O) groups is 2. The Morgan fingerprint density at radius 3 is 2.43 bits per heavy atom. The number of nitrogens with two attached hydrogens (primary N) is 1. The molecule has 0 saturated carbocycles. The Morgan fingerprint density at radius 1 is 1.36 bits per heavy atom. The average Bonchev–Trinajstić information content (AvgIpc) is 2.10. The van der Waals surface area contributed by atoms with Crippen LogP contribution in [0.1, 0.15) is 19.3 Å². The number of rotatable bonds is 7. The first-order valence-electron chi connectivity index (χ1n) is 4.23. The summed E-state index contributed by atoms with van der Waals surface area (Å²) in [5.41, 5.74) is 6.50. The van der Waals surface area contributed by atoms with Crippen molar-refractivity contribution in [3.05, 3.63) is 0 Å². The first-order chi connectivity index (χ1) is 6.57. The summed E-state index contributed by atoms with van der Waals surface area (Å²) in [7, 11) is 0. The van der Waals surface area contributed by atoms with E-state index in [-0.39, 0.29) is 0 Å². The van der Waals surface area contributed by atoms with Gasteiger partial charge in [0.05, 0.1) is 0 Å². The molecule has 0 aromatic carbocycles. The Labute approximate surface area is 81.2 Å². The van der Waals surface area contributed by atoms with Crippen molar-refractivity contribution in [2.24, 2.45) is 5.73 Å². The van der Waals surface area contributed by atoms with Crippen LogP contribution in [0.25, 0.3) is 0 Å². The van der Waals surface area contributed by atoms with Crippen molar-refractivity contribution < 1.29 is 19.9 Å². The lowest BCUT2D eigenvalue weighted by Gasteiger charge is -2.09. The number of carboxylic acids is 1. The molecule has 6 N–H and O–H groups in total. The fraction of sp³-hybridized carbons (Fsp3) is 0.714. The molecule has 7 nitrogen and oxygen atoms in total. The number of aliphatic carboxylic acids is 1. The van der Waals surface area contributed by atoms with E-state index < -0.39 is 18.0 Å². The van der Waals surface area contributed by atoms with Crippen molar-refractivity contribution in [3.8, 4) is 0 Å². The Bertz CT molecular complexity index is 197. The van der Waals surface area contributed by atoms with Crippen LogP contribution in [0.4, 0.5) is 4.79 Å². The minimum absolute atomic E-state index is 0.298. The topological polar surface area (TPSA) is 125 Å². The van der Waals surface area contributed by atoms with E-state index in [2.05, 4.69) is 5.32 Å². The minimum Gasteiger partial charge on any atom is -0.480 e. The SMILES string of the molecule is NC(=O)NCCCC[C@H](NO)C(=O)O. The van der Waals surface area contributed by atoms with Gasteiger partial charge in [0.15, 0.2) is 0 Å². The summed E-state index contributed by atoms with van der Waals surface area (Å²) in [5.74, 6) is -1.10. The second-order valence-corrected chi connectivity index (χ2v) is 2.81. The normalized spacial score (nSPS) is 12.1. The molecular formula is C7H15N3O4. The van der Waals surface area contributed by atoms with Crippen molar-refractivity contribution >= 4 is 12.0 Å². The lowest BCUT2D eigenvalue weighted by molar-refractivity contribution is -0.142. The highest BCUT2D eigenvalue weighted by atomic mass is 16.5. The quantitative estimate of drug-likeness (QED) is 0.276. The summed E-state index contributed by atoms with van der Waals surface area (Å²) in [6.07, 6.45) is 1.49. The maximum absolute atomic E-state index is 10.4. The number of hydroxylamine groups is 1. The monoisotopic (exact) mass is 205 g/mol. The van der Waals surface area contributed by atoms with Crippen molar-refractivity contribution in [2.75, 3.05) is 6.54 Å². The highest BCUT2D eigenvalue weighted by Gasteiger charge is 2.14. The van der Waals surface area contributed by atoms with Crippen LogP contribution in [-0.2, 0) is 4.79 Å². The largest absolute Gasteiger partial charge is 0.480 e. The summed E-state index contributed by atoms with van der Waals surface area (Å²) in [4.78, 5) is 20.6. The van der Waals surface area contributed by atoms with Crippen molar-refractivity contribution in [1.82, 2.24) is 10.8 Å². The van der Waals surface area contributed by atoms with Crippen LogP contribution in [0.2, 0.25) is 0 Å². The van der Waals surface area contributed by atoms with Gasteiger partial charge in [-0.1, -0.05) is 0 Å². The third-order valence-electron chi connectivity index (χ3n) is 1.67. The fourth-order valence-electron chi connectivity index (χ4n) is 0.928. The minimum atomic E-state index is -1.10. The van der Waals surface area contributed by atoms with Crippen LogP contribution in [0, 0.1) is 0 Å². The maximum Gasteiger partial charge on any atom is 0.323 e. The fourth-order valence-corrected chi connectivity index (χ4v) is 0.928. The van der Waals surface area contributed by atoms with Crippen LogP contribution in [-0.4, -0.2) is 34.9 Å². The van der Waals surface area contributed by atoms with Gasteiger partial charge in [-0.25, -0.2) is 4.79 Å². The van der Waals surface area contributed by atoms with E-state index in [0.717, 1.165) is 0 Å². The molecule has 14 heavy (non-hydrogen) atoms. The molecule has 0 saturated heterocycles. The molecule has 0 bridgehead atoms. The number of unbranched alkanes of at least 4 members (excludes halogenated alkanes) is 1. The molecule has 0 fully saturated rings. The van der Waals surface area contributed by atoms with E-state index in [4.69, 9.17) is 16.0 Å². The van der Waals surface area contributed by atoms with Crippen LogP contribution >= 0.6 is 0 Å². The van der Waals surface area contributed by atoms with Gasteiger partial charge in [-0.3, -0.25) is 4.79 Å². The molecule has 0 aromatic rings. The van der Waals surface area contributed by atoms with Crippen LogP contribution < -0.4 is 16.5 Å². The molecule has 0 aliphatic heterocycles. The molecule has 0 unspecified atom stereocenters. The van der Waals surface area contributed by atoms with Crippen LogP contribution in [0.15, 0.2) is 0 Å². The summed E-state index contributed by atoms with van der Waals surface area (Å²) < 4.78 is 0. The number of hydrogen-bond donors (Lipinski definition) is 5. The first-order valence-corrected chi connectivity index (χ1v) is 4.23. The number of primary amides is 1. The molecule has 1 atom stereocenters. The van der Waals surface area contributed by atoms with Crippen molar-refractivity contribution in [3.63, 3.8) is 0 Å². The number of nitrogens with one attached hydrogen (secondary N) is 2. The van der Waals surface area contributed by atoms with E-state index in [1.807, 2.05) is 0 Å². The Hall–Kier alpha value is -1.34. The zero-order chi connectivity index (χ0) is 11.0. The van der Waals surface area contributed by atoms with Crippen molar-refractivity contribution in [2.45, 2.75) is 25.3 Å². The van der Waals surface area contributed by atoms with Gasteiger partial charge in [0.2, 0.25) is 0 Å². The van der Waals surface area contributed by atoms with Gasteiger partial charge < -0.3 is 21.4 Å². The van der Waals surface area contributed by atoms with Gasteiger partial charge >= 0.3 is 12.0 Å². The smallest absolute Gasteiger partial charge is 0.323 e. The molecule has 0 heterocycles. The second kappa shape index (κ2) is 7.10. The van der Waals surface area contributed by atoms with E-state index in [1.165, 1.54) is 0 Å². The van der Waals surface area contributed by atoms with Crippen LogP contribution in [0.3, 0.4) is 0 Å². The molecule has 0 rings (SSSR count). The molecule has 82 valence electrons. The van der Waals surface area contributed by atoms with Gasteiger partial charge in [0.1, 0.15) is 6.04 Å². The summed E-state index contributed by atoms with van der Waals surface area (Å²) in [6, 6.07) is -1.55. The molecule has 0 radical (unpaired) electrons. The number of hydrogen-bond acceptors (Lipinski definition) is 4. The number of urea groups is 1. The first kappa shape index (κ1) is 12.7. The molecule has 0 aromatic heterocycles. The van der Waals surface area contributed by atoms with E-state index in [0.29, 0.717) is 25.8 Å². The number of amides is 2. The summed E-state index contributed by atoms with van der Waals surface area (Å²) >= 11 is 0. The van der Waals surface area contributed by atoms with Crippen LogP contribution in [0.5, 0.6) is 0 Å². The third kappa shape index (κ3) is 6.21. The van der Waals surface area contributed by atoms with Gasteiger partial charge in [0, 0.05) is 6.54 Å². The Kier molecular flexibility index (Phi) is 6.42. The van der Waals surface area contributed by atoms with Gasteiger partial charge in [-0.05, 0) is 19.3 Å². The lowest BCUT2D eigenvalue weighted by atomic mass is 10.1. The van der Waals surface area contributed by atoms with Gasteiger partial charge in [-0.15, -0.1) is 0 Å². The molecule has 0 aliphatic rings. The standard InChI is InChI=1S/C7H15N3O4/c8-7(13)9-4-2-1-3-5(10-14)6(11)12/h5,10,14H,1-4H2,(H,11,12)(H3,8,9,13)/t5-/m0/s1. The number of carboxylic acid groups (broad SMARTS) is 1. The Morgan fingerprint density at radius 2 is 2.00 bits per heavy atom. The third-order valence-corrected chi connectivity index (χ3v) is 1.67. The van der Waals surface area contributed by atoms with Gasteiger partial charge in [0.25, 0.3) is 0 Å².